The van der Waals surface area contributed by atoms with Gasteiger partial charge in [-0.25, -0.2) is 9.37 Å². The Morgan fingerprint density at radius 3 is 2.78 bits per heavy atom. The summed E-state index contributed by atoms with van der Waals surface area (Å²) in [5.74, 6) is -0.265. The normalized spacial score (nSPS) is 10.1. The van der Waals surface area contributed by atoms with E-state index in [9.17, 15) is 4.39 Å². The van der Waals surface area contributed by atoms with Crippen molar-refractivity contribution in [3.05, 3.63) is 48.3 Å². The van der Waals surface area contributed by atoms with Gasteiger partial charge in [-0.15, -0.1) is 0 Å². The molecule has 0 bridgehead atoms. The van der Waals surface area contributed by atoms with Gasteiger partial charge in [-0.05, 0) is 36.5 Å². The Balaban J connectivity index is 1.73. The maximum Gasteiger partial charge on any atom is 0.170 e. The van der Waals surface area contributed by atoms with E-state index in [0.717, 1.165) is 17.8 Å². The minimum Gasteiger partial charge on any atom is -0.362 e. The fourth-order valence-corrected chi connectivity index (χ4v) is 1.66. The van der Waals surface area contributed by atoms with Gasteiger partial charge in [0.25, 0.3) is 0 Å². The fourth-order valence-electron chi connectivity index (χ4n) is 1.44. The van der Waals surface area contributed by atoms with E-state index in [-0.39, 0.29) is 5.82 Å². The molecule has 0 radical (unpaired) electrons. The van der Waals surface area contributed by atoms with Crippen molar-refractivity contribution in [1.82, 2.24) is 15.3 Å². The molecule has 0 aliphatic carbocycles. The van der Waals surface area contributed by atoms with Crippen molar-refractivity contribution in [1.29, 1.82) is 0 Å². The smallest absolute Gasteiger partial charge is 0.170 e. The van der Waals surface area contributed by atoms with Crippen LogP contribution in [-0.4, -0.2) is 21.6 Å². The van der Waals surface area contributed by atoms with Crippen LogP contribution in [-0.2, 0) is 6.42 Å². The predicted molar refractivity (Wildman–Crippen MR) is 72.9 cm³/mol. The maximum absolute atomic E-state index is 12.7. The number of benzene rings is 1. The molecule has 1 heterocycles. The first-order valence-electron chi connectivity index (χ1n) is 5.52. The Kier molecular flexibility index (Phi) is 4.25. The number of anilines is 1. The van der Waals surface area contributed by atoms with E-state index in [2.05, 4.69) is 20.6 Å². The van der Waals surface area contributed by atoms with Crippen molar-refractivity contribution in [2.45, 2.75) is 6.42 Å². The number of nitrogens with zero attached hydrogens (tertiary/aromatic N) is 1. The molecule has 3 N–H and O–H groups in total. The van der Waals surface area contributed by atoms with Crippen molar-refractivity contribution >= 4 is 23.0 Å². The molecule has 2 rings (SSSR count). The summed E-state index contributed by atoms with van der Waals surface area (Å²) in [5.41, 5.74) is 1.81. The summed E-state index contributed by atoms with van der Waals surface area (Å²) in [5, 5.41) is 6.55. The Morgan fingerprint density at radius 2 is 2.11 bits per heavy atom. The number of thiocarbonyl (C=S) groups is 1. The average molecular weight is 264 g/mol. The molecule has 4 nitrogen and oxygen atoms in total. The lowest BCUT2D eigenvalue weighted by atomic mass is 10.3. The first kappa shape index (κ1) is 12.5. The molecule has 0 aliphatic rings. The molecular weight excluding hydrogens is 251 g/mol. The van der Waals surface area contributed by atoms with E-state index < -0.39 is 0 Å². The molecule has 0 amide bonds. The average Bonchev–Trinajstić information content (AvgIpc) is 2.85. The highest BCUT2D eigenvalue weighted by Crippen LogP contribution is 2.07. The minimum absolute atomic E-state index is 0.265. The van der Waals surface area contributed by atoms with Crippen LogP contribution in [0.5, 0.6) is 0 Å². The highest BCUT2D eigenvalue weighted by Gasteiger charge is 1.98. The Morgan fingerprint density at radius 1 is 1.33 bits per heavy atom. The minimum atomic E-state index is -0.265. The second-order valence-corrected chi connectivity index (χ2v) is 4.12. The summed E-state index contributed by atoms with van der Waals surface area (Å²) in [6, 6.07) is 6.04. The molecule has 1 aromatic heterocycles. The van der Waals surface area contributed by atoms with E-state index in [1.165, 1.54) is 12.1 Å². The molecule has 0 saturated heterocycles. The van der Waals surface area contributed by atoms with E-state index >= 15 is 0 Å². The monoisotopic (exact) mass is 264 g/mol. The number of aromatic nitrogens is 2. The van der Waals surface area contributed by atoms with Crippen molar-refractivity contribution in [2.75, 3.05) is 11.9 Å². The predicted octanol–water partition coefficient (Wildman–Crippen LogP) is 2.08. The Bertz CT molecular complexity index is 495. The zero-order valence-corrected chi connectivity index (χ0v) is 10.4. The summed E-state index contributed by atoms with van der Waals surface area (Å²) < 4.78 is 12.7. The van der Waals surface area contributed by atoms with E-state index in [0.29, 0.717) is 11.7 Å². The van der Waals surface area contributed by atoms with Gasteiger partial charge >= 0.3 is 0 Å². The Hall–Kier alpha value is -1.95. The largest absolute Gasteiger partial charge is 0.362 e. The zero-order chi connectivity index (χ0) is 12.8. The van der Waals surface area contributed by atoms with Gasteiger partial charge in [-0.1, -0.05) is 0 Å². The number of aromatic amines is 1. The number of hydrogen-bond acceptors (Lipinski definition) is 2. The summed E-state index contributed by atoms with van der Waals surface area (Å²) in [4.78, 5) is 6.94. The van der Waals surface area contributed by atoms with Gasteiger partial charge in [0.2, 0.25) is 0 Å². The van der Waals surface area contributed by atoms with Gasteiger partial charge < -0.3 is 15.6 Å². The number of hydrogen-bond donors (Lipinski definition) is 3. The lowest BCUT2D eigenvalue weighted by Gasteiger charge is -2.09. The molecule has 0 atom stereocenters. The van der Waals surface area contributed by atoms with E-state index in [4.69, 9.17) is 12.2 Å². The van der Waals surface area contributed by atoms with Gasteiger partial charge in [0, 0.05) is 30.5 Å². The summed E-state index contributed by atoms with van der Waals surface area (Å²) in [6.07, 6.45) is 4.23. The molecule has 1 aromatic carbocycles. The van der Waals surface area contributed by atoms with Crippen LogP contribution in [0.15, 0.2) is 36.8 Å². The molecule has 0 unspecified atom stereocenters. The molecule has 94 valence electrons. The standard InChI is InChI=1S/C12H13FN4S/c13-9-1-3-10(4-2-9)17-12(18)15-6-5-11-7-14-8-16-11/h1-4,7-8H,5-6H2,(H,14,16)(H2,15,17,18). The van der Waals surface area contributed by atoms with Crippen LogP contribution < -0.4 is 10.6 Å². The number of nitrogens with one attached hydrogen (secondary N) is 3. The van der Waals surface area contributed by atoms with Crippen molar-refractivity contribution in [3.8, 4) is 0 Å². The third kappa shape index (κ3) is 3.81. The second-order valence-electron chi connectivity index (χ2n) is 3.71. The second kappa shape index (κ2) is 6.11. The molecule has 0 fully saturated rings. The summed E-state index contributed by atoms with van der Waals surface area (Å²) in [7, 11) is 0. The molecule has 6 heteroatoms. The van der Waals surface area contributed by atoms with Crippen LogP contribution in [0, 0.1) is 5.82 Å². The highest BCUT2D eigenvalue weighted by atomic mass is 32.1. The van der Waals surface area contributed by atoms with Crippen LogP contribution >= 0.6 is 12.2 Å². The fraction of sp³-hybridized carbons (Fsp3) is 0.167. The van der Waals surface area contributed by atoms with E-state index in [1.807, 2.05) is 0 Å². The molecular formula is C12H13FN4S. The Labute approximate surface area is 110 Å². The van der Waals surface area contributed by atoms with Crippen molar-refractivity contribution in [2.24, 2.45) is 0 Å². The van der Waals surface area contributed by atoms with Crippen LogP contribution in [0.2, 0.25) is 0 Å². The first-order chi connectivity index (χ1) is 8.74. The van der Waals surface area contributed by atoms with Gasteiger partial charge in [0.1, 0.15) is 5.82 Å². The van der Waals surface area contributed by atoms with Crippen molar-refractivity contribution in [3.63, 3.8) is 0 Å². The quantitative estimate of drug-likeness (QED) is 0.740. The number of imidazole rings is 1. The van der Waals surface area contributed by atoms with E-state index in [1.54, 1.807) is 24.7 Å². The molecule has 2 aromatic rings. The lowest BCUT2D eigenvalue weighted by Crippen LogP contribution is -2.30. The summed E-state index contributed by atoms with van der Waals surface area (Å²) in [6.45, 7) is 0.704. The molecule has 0 spiro atoms. The molecule has 0 saturated carbocycles. The van der Waals surface area contributed by atoms with Crippen molar-refractivity contribution < 1.29 is 4.39 Å². The van der Waals surface area contributed by atoms with Crippen LogP contribution in [0.4, 0.5) is 10.1 Å². The third-order valence-electron chi connectivity index (χ3n) is 2.34. The SMILES string of the molecule is Fc1ccc(NC(=S)NCCc2cnc[nH]2)cc1. The van der Waals surface area contributed by atoms with Gasteiger partial charge in [0.15, 0.2) is 5.11 Å². The topological polar surface area (TPSA) is 52.7 Å². The first-order valence-corrected chi connectivity index (χ1v) is 5.92. The number of halogens is 1. The third-order valence-corrected chi connectivity index (χ3v) is 2.58. The lowest BCUT2D eigenvalue weighted by molar-refractivity contribution is 0.628. The molecule has 0 aliphatic heterocycles. The van der Waals surface area contributed by atoms with Crippen LogP contribution in [0.25, 0.3) is 0 Å². The molecule has 18 heavy (non-hydrogen) atoms. The maximum atomic E-state index is 12.7. The number of H-pyrrole nitrogens is 1. The number of rotatable bonds is 4. The van der Waals surface area contributed by atoms with Crippen LogP contribution in [0.3, 0.4) is 0 Å². The summed E-state index contributed by atoms with van der Waals surface area (Å²) >= 11 is 5.12. The van der Waals surface area contributed by atoms with Crippen LogP contribution in [0.1, 0.15) is 5.69 Å². The van der Waals surface area contributed by atoms with Gasteiger partial charge in [0.05, 0.1) is 6.33 Å². The zero-order valence-electron chi connectivity index (χ0n) is 9.61. The highest BCUT2D eigenvalue weighted by molar-refractivity contribution is 7.80. The van der Waals surface area contributed by atoms with Gasteiger partial charge in [-0.2, -0.15) is 0 Å². The van der Waals surface area contributed by atoms with Gasteiger partial charge in [-0.3, -0.25) is 0 Å².